The van der Waals surface area contributed by atoms with Crippen molar-refractivity contribution >= 4 is 0 Å². The first-order valence-corrected chi connectivity index (χ1v) is 6.25. The van der Waals surface area contributed by atoms with E-state index in [1.807, 2.05) is 0 Å². The van der Waals surface area contributed by atoms with Gasteiger partial charge in [-0.05, 0) is 35.4 Å². The van der Waals surface area contributed by atoms with Crippen LogP contribution in [-0.4, -0.2) is 14.9 Å². The van der Waals surface area contributed by atoms with Crippen molar-refractivity contribution in [3.05, 3.63) is 83.9 Å². The van der Waals surface area contributed by atoms with Gasteiger partial charge in [0.1, 0.15) is 18.0 Å². The lowest BCUT2D eigenvalue weighted by Crippen LogP contribution is -2.19. The van der Waals surface area contributed by atoms with E-state index in [1.54, 1.807) is 24.3 Å². The van der Waals surface area contributed by atoms with Crippen molar-refractivity contribution in [1.82, 2.24) is 14.9 Å². The fourth-order valence-corrected chi connectivity index (χ4v) is 1.95. The monoisotopic (exact) mass is 287 g/mol. The average Bonchev–Trinajstić information content (AvgIpc) is 3.00. The molecule has 4 nitrogen and oxygen atoms in total. The first kappa shape index (κ1) is 13.2. The van der Waals surface area contributed by atoms with Crippen LogP contribution in [0.25, 0.3) is 0 Å². The second-order valence-electron chi connectivity index (χ2n) is 4.39. The van der Waals surface area contributed by atoms with Gasteiger partial charge >= 0.3 is 0 Å². The molecule has 0 aliphatic heterocycles. The van der Waals surface area contributed by atoms with Crippen molar-refractivity contribution in [2.24, 2.45) is 0 Å². The van der Waals surface area contributed by atoms with Crippen LogP contribution in [0.2, 0.25) is 0 Å². The minimum absolute atomic E-state index is 0.336. The molecule has 6 heteroatoms. The lowest BCUT2D eigenvalue weighted by Gasteiger charge is -2.18. The van der Waals surface area contributed by atoms with Crippen molar-refractivity contribution in [3.63, 3.8) is 0 Å². The van der Waals surface area contributed by atoms with E-state index in [2.05, 4.69) is 10.1 Å². The van der Waals surface area contributed by atoms with Crippen molar-refractivity contribution in [1.29, 1.82) is 0 Å². The molecule has 0 bridgehead atoms. The summed E-state index contributed by atoms with van der Waals surface area (Å²) in [4.78, 5) is 10.7. The van der Waals surface area contributed by atoms with Crippen LogP contribution < -0.4 is 4.84 Å². The van der Waals surface area contributed by atoms with Crippen LogP contribution in [0.4, 0.5) is 8.78 Å². The summed E-state index contributed by atoms with van der Waals surface area (Å²) in [6.07, 6.45) is 2.19. The molecule has 0 N–H and O–H groups in total. The molecule has 106 valence electrons. The lowest BCUT2D eigenvalue weighted by atomic mass is 10.0. The molecular formula is C15H11F2N3O. The van der Waals surface area contributed by atoms with Gasteiger partial charge in [0.15, 0.2) is 12.4 Å². The van der Waals surface area contributed by atoms with Crippen molar-refractivity contribution in [2.75, 3.05) is 0 Å². The molecule has 1 heterocycles. The number of rotatable bonds is 4. The summed E-state index contributed by atoms with van der Waals surface area (Å²) < 4.78 is 26.1. The van der Waals surface area contributed by atoms with E-state index in [0.717, 1.165) is 11.1 Å². The van der Waals surface area contributed by atoms with Crippen molar-refractivity contribution < 1.29 is 13.6 Å². The predicted molar refractivity (Wildman–Crippen MR) is 71.2 cm³/mol. The molecule has 0 unspecified atom stereocenters. The van der Waals surface area contributed by atoms with Gasteiger partial charge in [0, 0.05) is 0 Å². The Balaban J connectivity index is 1.97. The highest BCUT2D eigenvalue weighted by Crippen LogP contribution is 2.24. The second kappa shape index (κ2) is 5.70. The molecule has 0 amide bonds. The van der Waals surface area contributed by atoms with Gasteiger partial charge < -0.3 is 4.84 Å². The summed E-state index contributed by atoms with van der Waals surface area (Å²) in [6, 6.07) is 11.8. The maximum Gasteiger partial charge on any atom is 0.177 e. The molecular weight excluding hydrogens is 276 g/mol. The molecule has 21 heavy (non-hydrogen) atoms. The summed E-state index contributed by atoms with van der Waals surface area (Å²) in [5.74, 6) is -0.672. The van der Waals surface area contributed by atoms with Gasteiger partial charge in [0.05, 0.1) is 0 Å². The standard InChI is InChI=1S/C15H11F2N3O/c16-13-5-1-11(2-6-13)15(21-20-10-18-9-19-20)12-3-7-14(17)8-4-12/h1-10,15H. The van der Waals surface area contributed by atoms with Crippen LogP contribution in [0.1, 0.15) is 17.2 Å². The molecule has 1 aromatic heterocycles. The van der Waals surface area contributed by atoms with E-state index >= 15 is 0 Å². The molecule has 0 atom stereocenters. The van der Waals surface area contributed by atoms with Crippen molar-refractivity contribution in [3.8, 4) is 0 Å². The van der Waals surface area contributed by atoms with Crippen LogP contribution in [-0.2, 0) is 0 Å². The maximum atomic E-state index is 13.1. The fourth-order valence-electron chi connectivity index (χ4n) is 1.95. The van der Waals surface area contributed by atoms with Gasteiger partial charge in [0.25, 0.3) is 0 Å². The SMILES string of the molecule is Fc1ccc(C(On2cncn2)c2ccc(F)cc2)cc1. The largest absolute Gasteiger partial charge is 0.382 e. The van der Waals surface area contributed by atoms with E-state index in [4.69, 9.17) is 4.84 Å². The van der Waals surface area contributed by atoms with Gasteiger partial charge in [0.2, 0.25) is 0 Å². The number of nitrogens with zero attached hydrogens (tertiary/aromatic N) is 3. The molecule has 0 aliphatic rings. The third kappa shape index (κ3) is 3.05. The minimum Gasteiger partial charge on any atom is -0.382 e. The Morgan fingerprint density at radius 2 is 1.38 bits per heavy atom. The van der Waals surface area contributed by atoms with E-state index in [-0.39, 0.29) is 11.6 Å². The zero-order valence-corrected chi connectivity index (χ0v) is 10.9. The van der Waals surface area contributed by atoms with Crippen LogP contribution >= 0.6 is 0 Å². The van der Waals surface area contributed by atoms with Gasteiger partial charge in [-0.15, -0.1) is 5.10 Å². The summed E-state index contributed by atoms with van der Waals surface area (Å²) in [7, 11) is 0. The lowest BCUT2D eigenvalue weighted by molar-refractivity contribution is 0.0358. The summed E-state index contributed by atoms with van der Waals surface area (Å²) >= 11 is 0. The molecule has 0 spiro atoms. The van der Waals surface area contributed by atoms with Crippen LogP contribution in [0.15, 0.2) is 61.2 Å². The highest BCUT2D eigenvalue weighted by atomic mass is 19.1. The van der Waals surface area contributed by atoms with Gasteiger partial charge in [-0.2, -0.15) is 0 Å². The first-order chi connectivity index (χ1) is 10.2. The topological polar surface area (TPSA) is 39.9 Å². The molecule has 0 saturated carbocycles. The Hall–Kier alpha value is -2.76. The quantitative estimate of drug-likeness (QED) is 0.740. The molecule has 3 aromatic rings. The van der Waals surface area contributed by atoms with Gasteiger partial charge in [-0.25, -0.2) is 13.8 Å². The third-order valence-electron chi connectivity index (χ3n) is 2.96. The van der Waals surface area contributed by atoms with E-state index in [9.17, 15) is 8.78 Å². The molecule has 0 saturated heterocycles. The average molecular weight is 287 g/mol. The Morgan fingerprint density at radius 1 is 0.857 bits per heavy atom. The fraction of sp³-hybridized carbons (Fsp3) is 0.0667. The number of hydrogen-bond acceptors (Lipinski definition) is 3. The Kier molecular flexibility index (Phi) is 3.59. The Bertz CT molecular complexity index is 651. The zero-order valence-electron chi connectivity index (χ0n) is 10.9. The van der Waals surface area contributed by atoms with E-state index in [1.165, 1.54) is 41.8 Å². The van der Waals surface area contributed by atoms with E-state index in [0.29, 0.717) is 0 Å². The molecule has 0 fully saturated rings. The number of halogens is 2. The molecule has 0 radical (unpaired) electrons. The Morgan fingerprint density at radius 3 is 1.81 bits per heavy atom. The smallest absolute Gasteiger partial charge is 0.177 e. The highest BCUT2D eigenvalue weighted by Gasteiger charge is 2.17. The molecule has 3 rings (SSSR count). The predicted octanol–water partition coefficient (Wildman–Crippen LogP) is 2.77. The van der Waals surface area contributed by atoms with Gasteiger partial charge in [-0.1, -0.05) is 29.1 Å². The third-order valence-corrected chi connectivity index (χ3v) is 2.96. The summed E-state index contributed by atoms with van der Waals surface area (Å²) in [6.45, 7) is 0. The Labute approximate surface area is 119 Å². The normalized spacial score (nSPS) is 10.8. The first-order valence-electron chi connectivity index (χ1n) is 6.25. The van der Waals surface area contributed by atoms with Crippen molar-refractivity contribution in [2.45, 2.75) is 6.10 Å². The summed E-state index contributed by atoms with van der Waals surface area (Å²) in [5.41, 5.74) is 1.44. The second-order valence-corrected chi connectivity index (χ2v) is 4.39. The van der Waals surface area contributed by atoms with Gasteiger partial charge in [-0.3, -0.25) is 0 Å². The summed E-state index contributed by atoms with van der Waals surface area (Å²) in [5, 5.41) is 3.88. The van der Waals surface area contributed by atoms with Crippen LogP contribution in [0.5, 0.6) is 0 Å². The maximum absolute atomic E-state index is 13.1. The highest BCUT2D eigenvalue weighted by molar-refractivity contribution is 5.30. The van der Waals surface area contributed by atoms with E-state index < -0.39 is 6.10 Å². The zero-order chi connectivity index (χ0) is 14.7. The van der Waals surface area contributed by atoms with Crippen LogP contribution in [0.3, 0.4) is 0 Å². The number of aromatic nitrogens is 3. The van der Waals surface area contributed by atoms with Crippen LogP contribution in [0, 0.1) is 11.6 Å². The number of benzene rings is 2. The molecule has 0 aliphatic carbocycles. The molecule has 2 aromatic carbocycles. The minimum atomic E-state index is -0.548. The number of hydrogen-bond donors (Lipinski definition) is 0.